The largest absolute Gasteiger partial charge is 0.462 e. The van der Waals surface area contributed by atoms with Crippen LogP contribution in [0.15, 0.2) is 97.2 Å². The topological polar surface area (TPSA) is 82.5 Å². The maximum Gasteiger partial charge on any atom is 0.338 e. The second kappa shape index (κ2) is 11.3. The number of para-hydroxylation sites is 1. The molecule has 7 nitrogen and oxygen atoms in total. The number of amides is 1. The number of benzene rings is 3. The van der Waals surface area contributed by atoms with Crippen LogP contribution in [0.5, 0.6) is 11.5 Å². The van der Waals surface area contributed by atoms with E-state index in [4.69, 9.17) is 21.1 Å². The number of rotatable bonds is 8. The lowest BCUT2D eigenvalue weighted by molar-refractivity contribution is 0.0526. The van der Waals surface area contributed by atoms with Crippen molar-refractivity contribution >= 4 is 40.5 Å². The number of halogens is 1. The van der Waals surface area contributed by atoms with E-state index in [1.165, 1.54) is 11.3 Å². The highest BCUT2D eigenvalue weighted by atomic mass is 35.5. The fourth-order valence-corrected chi connectivity index (χ4v) is 4.79. The molecule has 3 aromatic carbocycles. The number of hydrogen-bond donors (Lipinski definition) is 1. The van der Waals surface area contributed by atoms with Crippen molar-refractivity contribution in [1.29, 1.82) is 0 Å². The SMILES string of the molecule is CCOC(=O)c1cccc(-n2cc(C(=O)Nc3cccc(Oc4ccccc4)c3)c(-c3ccc(Cl)s3)n2)c1. The van der Waals surface area contributed by atoms with E-state index in [2.05, 4.69) is 10.4 Å². The molecule has 0 saturated heterocycles. The lowest BCUT2D eigenvalue weighted by atomic mass is 10.2. The fourth-order valence-electron chi connectivity index (χ4n) is 3.75. The van der Waals surface area contributed by atoms with E-state index in [1.807, 2.05) is 42.5 Å². The van der Waals surface area contributed by atoms with Crippen LogP contribution < -0.4 is 10.1 Å². The van der Waals surface area contributed by atoms with Gasteiger partial charge in [-0.25, -0.2) is 9.48 Å². The van der Waals surface area contributed by atoms with Crippen molar-refractivity contribution in [2.24, 2.45) is 0 Å². The quantitative estimate of drug-likeness (QED) is 0.205. The lowest BCUT2D eigenvalue weighted by Crippen LogP contribution is -2.12. The smallest absolute Gasteiger partial charge is 0.338 e. The number of nitrogens with zero attached hydrogens (tertiary/aromatic N) is 2. The third-order valence-electron chi connectivity index (χ3n) is 5.46. The van der Waals surface area contributed by atoms with Crippen LogP contribution in [-0.2, 0) is 4.74 Å². The minimum absolute atomic E-state index is 0.274. The summed E-state index contributed by atoms with van der Waals surface area (Å²) in [5, 5.41) is 7.62. The molecule has 5 aromatic rings. The van der Waals surface area contributed by atoms with Gasteiger partial charge in [-0.05, 0) is 61.5 Å². The standard InChI is InChI=1S/C29H22ClN3O4S/c1-2-36-29(35)19-8-6-10-21(16-19)33-18-24(27(32-33)25-14-15-26(30)38-25)28(34)31-20-9-7-13-23(17-20)37-22-11-4-3-5-12-22/h3-18H,2H2,1H3,(H,31,34). The summed E-state index contributed by atoms with van der Waals surface area (Å²) in [6.07, 6.45) is 1.63. The summed E-state index contributed by atoms with van der Waals surface area (Å²) in [7, 11) is 0. The second-order valence-corrected chi connectivity index (χ2v) is 9.82. The molecule has 0 radical (unpaired) electrons. The van der Waals surface area contributed by atoms with Crippen LogP contribution in [0.3, 0.4) is 0 Å². The van der Waals surface area contributed by atoms with Gasteiger partial charge in [-0.3, -0.25) is 4.79 Å². The van der Waals surface area contributed by atoms with Crippen molar-refractivity contribution in [3.8, 4) is 27.8 Å². The summed E-state index contributed by atoms with van der Waals surface area (Å²) >= 11 is 7.50. The Labute approximate surface area is 228 Å². The van der Waals surface area contributed by atoms with Gasteiger partial charge >= 0.3 is 5.97 Å². The van der Waals surface area contributed by atoms with E-state index in [-0.39, 0.29) is 12.5 Å². The number of thiophene rings is 1. The molecule has 9 heteroatoms. The number of carbonyl (C=O) groups is 2. The van der Waals surface area contributed by atoms with Crippen LogP contribution >= 0.6 is 22.9 Å². The van der Waals surface area contributed by atoms with Gasteiger partial charge in [0, 0.05) is 18.0 Å². The Morgan fingerprint density at radius 1 is 0.947 bits per heavy atom. The Morgan fingerprint density at radius 2 is 1.74 bits per heavy atom. The molecule has 1 N–H and O–H groups in total. The number of aromatic nitrogens is 2. The zero-order valence-corrected chi connectivity index (χ0v) is 21.8. The summed E-state index contributed by atoms with van der Waals surface area (Å²) < 4.78 is 13.2. The van der Waals surface area contributed by atoms with Crippen LogP contribution in [0.4, 0.5) is 5.69 Å². The zero-order valence-electron chi connectivity index (χ0n) is 20.3. The first-order chi connectivity index (χ1) is 18.5. The maximum atomic E-state index is 13.5. The first kappa shape index (κ1) is 25.3. The number of esters is 1. The molecular formula is C29H22ClN3O4S. The van der Waals surface area contributed by atoms with Gasteiger partial charge in [0.25, 0.3) is 5.91 Å². The van der Waals surface area contributed by atoms with Crippen LogP contribution in [-0.4, -0.2) is 28.3 Å². The first-order valence-corrected chi connectivity index (χ1v) is 13.0. The Kier molecular flexibility index (Phi) is 7.53. The molecule has 0 atom stereocenters. The number of hydrogen-bond acceptors (Lipinski definition) is 6. The molecule has 5 rings (SSSR count). The molecule has 0 spiro atoms. The predicted octanol–water partition coefficient (Wildman–Crippen LogP) is 7.48. The molecule has 190 valence electrons. The van der Waals surface area contributed by atoms with E-state index in [0.717, 1.165) is 4.88 Å². The highest BCUT2D eigenvalue weighted by Crippen LogP contribution is 2.33. The Hall–Kier alpha value is -4.40. The molecule has 2 aromatic heterocycles. The first-order valence-electron chi connectivity index (χ1n) is 11.8. The monoisotopic (exact) mass is 543 g/mol. The normalized spacial score (nSPS) is 10.7. The zero-order chi connectivity index (χ0) is 26.5. The summed E-state index contributed by atoms with van der Waals surface area (Å²) in [4.78, 5) is 26.5. The van der Waals surface area contributed by atoms with Gasteiger partial charge in [0.1, 0.15) is 17.2 Å². The van der Waals surface area contributed by atoms with Crippen molar-refractivity contribution < 1.29 is 19.1 Å². The maximum absolute atomic E-state index is 13.5. The molecule has 2 heterocycles. The van der Waals surface area contributed by atoms with E-state index >= 15 is 0 Å². The number of carbonyl (C=O) groups excluding carboxylic acids is 2. The third-order valence-corrected chi connectivity index (χ3v) is 6.70. The minimum atomic E-state index is -0.428. The van der Waals surface area contributed by atoms with Gasteiger partial charge in [0.15, 0.2) is 0 Å². The Balaban J connectivity index is 1.46. The van der Waals surface area contributed by atoms with Gasteiger partial charge in [-0.15, -0.1) is 11.3 Å². The molecule has 38 heavy (non-hydrogen) atoms. The summed E-state index contributed by atoms with van der Waals surface area (Å²) in [6.45, 7) is 2.03. The van der Waals surface area contributed by atoms with E-state index in [0.29, 0.717) is 44.0 Å². The molecule has 0 aliphatic heterocycles. The summed E-state index contributed by atoms with van der Waals surface area (Å²) in [5.74, 6) is 0.501. The summed E-state index contributed by atoms with van der Waals surface area (Å²) in [5.41, 5.74) is 2.38. The molecule has 0 unspecified atom stereocenters. The average molecular weight is 544 g/mol. The fraction of sp³-hybridized carbons (Fsp3) is 0.0690. The van der Waals surface area contributed by atoms with E-state index in [1.54, 1.807) is 66.3 Å². The van der Waals surface area contributed by atoms with Gasteiger partial charge < -0.3 is 14.8 Å². The highest BCUT2D eigenvalue weighted by Gasteiger charge is 2.21. The van der Waals surface area contributed by atoms with Crippen LogP contribution in [0, 0.1) is 0 Å². The predicted molar refractivity (Wildman–Crippen MR) is 149 cm³/mol. The molecule has 0 aliphatic rings. The number of anilines is 1. The van der Waals surface area contributed by atoms with Crippen molar-refractivity contribution in [3.05, 3.63) is 113 Å². The van der Waals surface area contributed by atoms with E-state index < -0.39 is 5.97 Å². The number of ether oxygens (including phenoxy) is 2. The molecular weight excluding hydrogens is 522 g/mol. The number of nitrogens with one attached hydrogen (secondary N) is 1. The lowest BCUT2D eigenvalue weighted by Gasteiger charge is -2.09. The Bertz CT molecular complexity index is 1600. The minimum Gasteiger partial charge on any atom is -0.462 e. The molecule has 0 aliphatic carbocycles. The van der Waals surface area contributed by atoms with Crippen molar-refractivity contribution in [1.82, 2.24) is 9.78 Å². The van der Waals surface area contributed by atoms with Crippen molar-refractivity contribution in [2.45, 2.75) is 6.92 Å². The molecule has 0 bridgehead atoms. The van der Waals surface area contributed by atoms with Crippen LogP contribution in [0.2, 0.25) is 4.34 Å². The van der Waals surface area contributed by atoms with Gasteiger partial charge in [0.2, 0.25) is 0 Å². The molecule has 1 amide bonds. The van der Waals surface area contributed by atoms with Gasteiger partial charge in [-0.1, -0.05) is 41.9 Å². The van der Waals surface area contributed by atoms with Crippen LogP contribution in [0.25, 0.3) is 16.3 Å². The molecule has 0 saturated carbocycles. The van der Waals surface area contributed by atoms with Gasteiger partial charge in [0.05, 0.1) is 32.6 Å². The molecule has 0 fully saturated rings. The Morgan fingerprint density at radius 3 is 2.50 bits per heavy atom. The highest BCUT2D eigenvalue weighted by molar-refractivity contribution is 7.19. The van der Waals surface area contributed by atoms with Crippen molar-refractivity contribution in [3.63, 3.8) is 0 Å². The van der Waals surface area contributed by atoms with Crippen LogP contribution in [0.1, 0.15) is 27.6 Å². The van der Waals surface area contributed by atoms with Crippen molar-refractivity contribution in [2.75, 3.05) is 11.9 Å². The summed E-state index contributed by atoms with van der Waals surface area (Å²) in [6, 6.07) is 27.0. The second-order valence-electron chi connectivity index (χ2n) is 8.11. The van der Waals surface area contributed by atoms with Gasteiger partial charge in [-0.2, -0.15) is 5.10 Å². The third kappa shape index (κ3) is 5.77. The average Bonchev–Trinajstić information content (AvgIpc) is 3.56. The van der Waals surface area contributed by atoms with E-state index in [9.17, 15) is 9.59 Å².